The van der Waals surface area contributed by atoms with E-state index in [9.17, 15) is 0 Å². The largest absolute Gasteiger partial charge is 0.356 e. The van der Waals surface area contributed by atoms with Gasteiger partial charge in [0.2, 0.25) is 0 Å². The van der Waals surface area contributed by atoms with Gasteiger partial charge in [-0.15, -0.1) is 0 Å². The first-order chi connectivity index (χ1) is 12.9. The Morgan fingerprint density at radius 2 is 1.77 bits per heavy atom. The molecular weight excluding hydrogens is 326 g/mol. The molecule has 1 aliphatic heterocycles. The van der Waals surface area contributed by atoms with E-state index >= 15 is 0 Å². The zero-order valence-electron chi connectivity index (χ0n) is 14.3. The Hall–Kier alpha value is -3.22. The van der Waals surface area contributed by atoms with E-state index in [0.29, 0.717) is 0 Å². The number of nitrogens with one attached hydrogen (secondary N) is 1. The summed E-state index contributed by atoms with van der Waals surface area (Å²) in [4.78, 5) is 11.3. The van der Waals surface area contributed by atoms with Gasteiger partial charge in [-0.25, -0.2) is 14.6 Å². The van der Waals surface area contributed by atoms with Crippen molar-refractivity contribution >= 4 is 16.7 Å². The second-order valence-corrected chi connectivity index (χ2v) is 6.60. The van der Waals surface area contributed by atoms with Gasteiger partial charge < -0.3 is 4.90 Å². The smallest absolute Gasteiger partial charge is 0.159 e. The molecule has 0 amide bonds. The topological polar surface area (TPSA) is 75.5 Å². The number of rotatable bonds is 3. The Bertz CT molecular complexity index is 1030. The molecule has 0 saturated carbocycles. The van der Waals surface area contributed by atoms with E-state index in [4.69, 9.17) is 0 Å². The van der Waals surface area contributed by atoms with Crippen molar-refractivity contribution in [1.29, 1.82) is 0 Å². The molecule has 7 heteroatoms. The normalized spacial score (nSPS) is 14.8. The zero-order valence-corrected chi connectivity index (χ0v) is 14.3. The van der Waals surface area contributed by atoms with E-state index in [2.05, 4.69) is 48.4 Å². The summed E-state index contributed by atoms with van der Waals surface area (Å²) >= 11 is 0. The minimum absolute atomic E-state index is 0.792. The van der Waals surface area contributed by atoms with Gasteiger partial charge in [0, 0.05) is 36.3 Å². The maximum atomic E-state index is 4.56. The van der Waals surface area contributed by atoms with Crippen LogP contribution in [0.5, 0.6) is 0 Å². The highest BCUT2D eigenvalue weighted by atomic mass is 15.3. The molecule has 4 aromatic rings. The fraction of sp³-hybridized carbons (Fsp3) is 0.263. The summed E-state index contributed by atoms with van der Waals surface area (Å²) in [6.45, 7) is 2.11. The highest BCUT2D eigenvalue weighted by Crippen LogP contribution is 2.26. The zero-order chi connectivity index (χ0) is 17.3. The van der Waals surface area contributed by atoms with E-state index in [1.54, 1.807) is 6.33 Å². The van der Waals surface area contributed by atoms with Crippen LogP contribution in [0.3, 0.4) is 0 Å². The number of aromatic nitrogens is 6. The minimum Gasteiger partial charge on any atom is -0.356 e. The third kappa shape index (κ3) is 2.61. The quantitative estimate of drug-likeness (QED) is 0.617. The average Bonchev–Trinajstić information content (AvgIpc) is 3.38. The summed E-state index contributed by atoms with van der Waals surface area (Å²) in [5.41, 5.74) is 3.17. The van der Waals surface area contributed by atoms with Crippen LogP contribution < -0.4 is 4.90 Å². The molecule has 5 rings (SSSR count). The number of benzene rings is 1. The molecule has 1 fully saturated rings. The van der Waals surface area contributed by atoms with Crippen LogP contribution in [-0.4, -0.2) is 43.0 Å². The molecule has 7 nitrogen and oxygen atoms in total. The Morgan fingerprint density at radius 3 is 2.62 bits per heavy atom. The lowest BCUT2D eigenvalue weighted by Crippen LogP contribution is -2.30. The monoisotopic (exact) mass is 345 g/mol. The Balaban J connectivity index is 1.57. The highest BCUT2D eigenvalue weighted by Gasteiger charge is 2.14. The van der Waals surface area contributed by atoms with Crippen LogP contribution in [0.2, 0.25) is 0 Å². The van der Waals surface area contributed by atoms with Crippen LogP contribution in [0.1, 0.15) is 19.3 Å². The number of H-pyrrole nitrogens is 1. The molecule has 0 bridgehead atoms. The minimum atomic E-state index is 0.792. The van der Waals surface area contributed by atoms with Crippen LogP contribution >= 0.6 is 0 Å². The molecule has 0 spiro atoms. The predicted molar refractivity (Wildman–Crippen MR) is 100 cm³/mol. The Kier molecular flexibility index (Phi) is 3.62. The first-order valence-corrected chi connectivity index (χ1v) is 8.93. The molecule has 1 aliphatic rings. The molecule has 0 aliphatic carbocycles. The Labute approximate surface area is 150 Å². The number of hydrogen-bond donors (Lipinski definition) is 1. The third-order valence-electron chi connectivity index (χ3n) is 4.94. The summed E-state index contributed by atoms with van der Waals surface area (Å²) in [5.74, 6) is 1.77. The summed E-state index contributed by atoms with van der Waals surface area (Å²) in [6.07, 6.45) is 11.0. The molecule has 4 heterocycles. The maximum absolute atomic E-state index is 4.56. The SMILES string of the molecule is c1nc(N2CCCCC2)cc(-n2ncc3ccc(-c4cn[nH]c4)cc32)n1. The van der Waals surface area contributed by atoms with Crippen molar-refractivity contribution in [3.05, 3.63) is 49.2 Å². The number of fused-ring (bicyclic) bond motifs is 1. The fourth-order valence-electron chi connectivity index (χ4n) is 3.54. The molecule has 0 unspecified atom stereocenters. The van der Waals surface area contributed by atoms with Crippen LogP contribution in [0, 0.1) is 0 Å². The molecule has 1 saturated heterocycles. The molecule has 0 atom stereocenters. The molecule has 0 radical (unpaired) electrons. The van der Waals surface area contributed by atoms with Gasteiger partial charge in [0.05, 0.1) is 17.9 Å². The molecule has 130 valence electrons. The summed E-state index contributed by atoms with van der Waals surface area (Å²) in [7, 11) is 0. The van der Waals surface area contributed by atoms with Crippen LogP contribution in [0.4, 0.5) is 5.82 Å². The van der Waals surface area contributed by atoms with E-state index < -0.39 is 0 Å². The standard InChI is InChI=1S/C19H19N7/c1-2-6-25(7-3-1)18-9-19(21-13-20-18)26-17-8-14(16-10-22-23-11-16)4-5-15(17)12-24-26/h4-5,8-13H,1-3,6-7H2,(H,22,23). The van der Waals surface area contributed by atoms with Crippen LogP contribution in [-0.2, 0) is 0 Å². The van der Waals surface area contributed by atoms with E-state index in [-0.39, 0.29) is 0 Å². The van der Waals surface area contributed by atoms with Gasteiger partial charge in [-0.05, 0) is 30.9 Å². The fourth-order valence-corrected chi connectivity index (χ4v) is 3.54. The average molecular weight is 345 g/mol. The van der Waals surface area contributed by atoms with Gasteiger partial charge in [0.15, 0.2) is 5.82 Å². The molecule has 1 N–H and O–H groups in total. The second kappa shape index (κ2) is 6.25. The van der Waals surface area contributed by atoms with Gasteiger partial charge >= 0.3 is 0 Å². The van der Waals surface area contributed by atoms with Crippen molar-refractivity contribution in [3.63, 3.8) is 0 Å². The molecule has 3 aromatic heterocycles. The Morgan fingerprint density at radius 1 is 0.885 bits per heavy atom. The molecule has 1 aromatic carbocycles. The predicted octanol–water partition coefficient (Wildman–Crippen LogP) is 3.20. The molecular formula is C19H19N7. The third-order valence-corrected chi connectivity index (χ3v) is 4.94. The second-order valence-electron chi connectivity index (χ2n) is 6.60. The first kappa shape index (κ1) is 15.1. The number of hydrogen-bond acceptors (Lipinski definition) is 5. The van der Waals surface area contributed by atoms with Crippen molar-refractivity contribution in [2.24, 2.45) is 0 Å². The number of piperidine rings is 1. The van der Waals surface area contributed by atoms with E-state index in [0.717, 1.165) is 46.8 Å². The lowest BCUT2D eigenvalue weighted by molar-refractivity contribution is 0.572. The van der Waals surface area contributed by atoms with Crippen molar-refractivity contribution in [2.45, 2.75) is 19.3 Å². The van der Waals surface area contributed by atoms with Gasteiger partial charge in [-0.2, -0.15) is 10.2 Å². The number of anilines is 1. The van der Waals surface area contributed by atoms with Crippen LogP contribution in [0.15, 0.2) is 49.2 Å². The first-order valence-electron chi connectivity index (χ1n) is 8.93. The van der Waals surface area contributed by atoms with Crippen molar-refractivity contribution in [3.8, 4) is 16.9 Å². The van der Waals surface area contributed by atoms with Crippen LogP contribution in [0.25, 0.3) is 27.8 Å². The van der Waals surface area contributed by atoms with Crippen molar-refractivity contribution in [1.82, 2.24) is 29.9 Å². The summed E-state index contributed by atoms with van der Waals surface area (Å²) in [5, 5.41) is 12.5. The lowest BCUT2D eigenvalue weighted by Gasteiger charge is -2.27. The van der Waals surface area contributed by atoms with E-state index in [1.807, 2.05) is 29.3 Å². The van der Waals surface area contributed by atoms with Gasteiger partial charge in [-0.1, -0.05) is 12.1 Å². The van der Waals surface area contributed by atoms with Crippen molar-refractivity contribution < 1.29 is 0 Å². The van der Waals surface area contributed by atoms with Crippen molar-refractivity contribution in [2.75, 3.05) is 18.0 Å². The summed E-state index contributed by atoms with van der Waals surface area (Å²) < 4.78 is 1.88. The van der Waals surface area contributed by atoms with Gasteiger partial charge in [0.1, 0.15) is 12.1 Å². The molecule has 26 heavy (non-hydrogen) atoms. The highest BCUT2D eigenvalue weighted by molar-refractivity contribution is 5.85. The number of nitrogens with zero attached hydrogens (tertiary/aromatic N) is 6. The maximum Gasteiger partial charge on any atom is 0.159 e. The number of aromatic amines is 1. The lowest BCUT2D eigenvalue weighted by atomic mass is 10.1. The van der Waals surface area contributed by atoms with E-state index in [1.165, 1.54) is 19.3 Å². The summed E-state index contributed by atoms with van der Waals surface area (Å²) in [6, 6.07) is 8.31. The van der Waals surface area contributed by atoms with Gasteiger partial charge in [-0.3, -0.25) is 5.10 Å². The van der Waals surface area contributed by atoms with Gasteiger partial charge in [0.25, 0.3) is 0 Å².